The van der Waals surface area contributed by atoms with E-state index in [9.17, 15) is 4.79 Å². The van der Waals surface area contributed by atoms with Crippen LogP contribution in [0.15, 0.2) is 23.1 Å². The average molecular weight is 294 g/mol. The van der Waals surface area contributed by atoms with Gasteiger partial charge in [-0.1, -0.05) is 0 Å². The molecule has 1 aliphatic rings. The maximum atomic E-state index is 12.1. The first-order valence-corrected chi connectivity index (χ1v) is 8.03. The fraction of sp³-hybridized carbons (Fsp3) is 0.533. The Bertz CT molecular complexity index is 465. The number of amides is 1. The summed E-state index contributed by atoms with van der Waals surface area (Å²) in [5, 5.41) is 2.93. The van der Waals surface area contributed by atoms with Crippen LogP contribution in [-0.2, 0) is 4.74 Å². The fourth-order valence-electron chi connectivity index (χ4n) is 2.26. The minimum Gasteiger partial charge on any atom is -0.385 e. The quantitative estimate of drug-likeness (QED) is 0.818. The third-order valence-corrected chi connectivity index (χ3v) is 4.42. The molecule has 0 saturated carbocycles. The van der Waals surface area contributed by atoms with Crippen molar-refractivity contribution in [3.8, 4) is 0 Å². The Hall–Kier alpha value is -1.20. The molecule has 0 radical (unpaired) electrons. The predicted octanol–water partition coefficient (Wildman–Crippen LogP) is 2.38. The molecular formula is C15H22N2O2S. The number of hydrogen-bond donors (Lipinski definition) is 1. The number of methoxy groups -OCH3 is 1. The van der Waals surface area contributed by atoms with E-state index in [0.717, 1.165) is 30.8 Å². The molecule has 1 amide bonds. The van der Waals surface area contributed by atoms with E-state index in [1.807, 2.05) is 23.9 Å². The highest BCUT2D eigenvalue weighted by atomic mass is 32.2. The Morgan fingerprint density at radius 2 is 2.35 bits per heavy atom. The zero-order valence-corrected chi connectivity index (χ0v) is 13.0. The largest absolute Gasteiger partial charge is 0.385 e. The van der Waals surface area contributed by atoms with E-state index < -0.39 is 0 Å². The van der Waals surface area contributed by atoms with Gasteiger partial charge in [-0.3, -0.25) is 4.79 Å². The molecule has 20 heavy (non-hydrogen) atoms. The molecule has 4 nitrogen and oxygen atoms in total. The number of ether oxygens (including phenoxy) is 1. The van der Waals surface area contributed by atoms with Crippen LogP contribution in [-0.4, -0.2) is 45.0 Å². The van der Waals surface area contributed by atoms with Crippen LogP contribution in [0.3, 0.4) is 0 Å². The average Bonchev–Trinajstić information content (AvgIpc) is 2.50. The molecule has 1 N–H and O–H groups in total. The number of carbonyl (C=O) groups excluding carboxylic acids is 1. The summed E-state index contributed by atoms with van der Waals surface area (Å²) in [7, 11) is 1.67. The Balaban J connectivity index is 2.04. The van der Waals surface area contributed by atoms with Gasteiger partial charge < -0.3 is 15.0 Å². The lowest BCUT2D eigenvalue weighted by atomic mass is 10.1. The molecule has 1 aliphatic heterocycles. The summed E-state index contributed by atoms with van der Waals surface area (Å²) in [5.41, 5.74) is 1.93. The summed E-state index contributed by atoms with van der Waals surface area (Å²) in [6.07, 6.45) is 0.837. The smallest absolute Gasteiger partial charge is 0.251 e. The van der Waals surface area contributed by atoms with Crippen LogP contribution in [0.25, 0.3) is 0 Å². The Labute approximate surface area is 124 Å². The van der Waals surface area contributed by atoms with Gasteiger partial charge in [0.2, 0.25) is 0 Å². The molecule has 0 spiro atoms. The summed E-state index contributed by atoms with van der Waals surface area (Å²) >= 11 is 1.86. The van der Waals surface area contributed by atoms with Crippen molar-refractivity contribution in [1.29, 1.82) is 0 Å². The number of benzene rings is 1. The van der Waals surface area contributed by atoms with Crippen LogP contribution < -0.4 is 10.2 Å². The Kier molecular flexibility index (Phi) is 5.73. The van der Waals surface area contributed by atoms with Gasteiger partial charge in [-0.05, 0) is 31.5 Å². The molecule has 110 valence electrons. The van der Waals surface area contributed by atoms with Crippen molar-refractivity contribution in [2.75, 3.05) is 44.0 Å². The van der Waals surface area contributed by atoms with E-state index in [1.165, 1.54) is 10.6 Å². The molecule has 1 aromatic rings. The number of nitrogens with one attached hydrogen (secondary N) is 1. The first kappa shape index (κ1) is 15.2. The van der Waals surface area contributed by atoms with Gasteiger partial charge >= 0.3 is 0 Å². The number of rotatable bonds is 6. The van der Waals surface area contributed by atoms with Crippen molar-refractivity contribution in [2.45, 2.75) is 18.2 Å². The molecule has 0 fully saturated rings. The second-order valence-electron chi connectivity index (χ2n) is 4.71. The number of anilines is 1. The van der Waals surface area contributed by atoms with Crippen LogP contribution in [0.1, 0.15) is 23.7 Å². The molecule has 1 aromatic carbocycles. The van der Waals surface area contributed by atoms with Gasteiger partial charge in [-0.2, -0.15) is 0 Å². The molecule has 5 heteroatoms. The van der Waals surface area contributed by atoms with Gasteiger partial charge in [0.15, 0.2) is 0 Å². The molecule has 0 unspecified atom stereocenters. The van der Waals surface area contributed by atoms with Crippen molar-refractivity contribution < 1.29 is 9.53 Å². The third-order valence-electron chi connectivity index (χ3n) is 3.37. The number of hydrogen-bond acceptors (Lipinski definition) is 4. The molecule has 0 bridgehead atoms. The number of fused-ring (bicyclic) bond motifs is 1. The number of carbonyl (C=O) groups is 1. The molecule has 1 heterocycles. The second kappa shape index (κ2) is 7.55. The first-order chi connectivity index (χ1) is 9.76. The van der Waals surface area contributed by atoms with Crippen LogP contribution in [0, 0.1) is 0 Å². The van der Waals surface area contributed by atoms with Crippen LogP contribution >= 0.6 is 11.8 Å². The highest BCUT2D eigenvalue weighted by Gasteiger charge is 2.17. The van der Waals surface area contributed by atoms with Gasteiger partial charge in [0.25, 0.3) is 5.91 Å². The zero-order valence-electron chi connectivity index (χ0n) is 12.1. The van der Waals surface area contributed by atoms with Gasteiger partial charge in [0.1, 0.15) is 0 Å². The molecule has 0 saturated heterocycles. The highest BCUT2D eigenvalue weighted by molar-refractivity contribution is 7.99. The first-order valence-electron chi connectivity index (χ1n) is 7.05. The SMILES string of the molecule is CCN1CCSc2ccc(C(=O)NCCCOC)cc21. The van der Waals surface area contributed by atoms with Gasteiger partial charge in [-0.15, -0.1) is 11.8 Å². The minimum atomic E-state index is -0.00414. The molecule has 0 aliphatic carbocycles. The topological polar surface area (TPSA) is 41.6 Å². The van der Waals surface area contributed by atoms with Gasteiger partial charge in [0, 0.05) is 49.6 Å². The fourth-order valence-corrected chi connectivity index (χ4v) is 3.29. The lowest BCUT2D eigenvalue weighted by Crippen LogP contribution is -2.30. The highest BCUT2D eigenvalue weighted by Crippen LogP contribution is 2.35. The Morgan fingerprint density at radius 3 is 3.10 bits per heavy atom. The van der Waals surface area contributed by atoms with E-state index in [4.69, 9.17) is 4.74 Å². The molecule has 2 rings (SSSR count). The second-order valence-corrected chi connectivity index (χ2v) is 5.85. The summed E-state index contributed by atoms with van der Waals surface area (Å²) < 4.78 is 4.97. The lowest BCUT2D eigenvalue weighted by molar-refractivity contribution is 0.0948. The molecule has 0 atom stereocenters. The van der Waals surface area contributed by atoms with Crippen LogP contribution in [0.5, 0.6) is 0 Å². The maximum absolute atomic E-state index is 12.1. The number of nitrogens with zero attached hydrogens (tertiary/aromatic N) is 1. The summed E-state index contributed by atoms with van der Waals surface area (Å²) in [6.45, 7) is 5.50. The van der Waals surface area contributed by atoms with Crippen molar-refractivity contribution in [3.05, 3.63) is 23.8 Å². The van der Waals surface area contributed by atoms with E-state index in [0.29, 0.717) is 13.2 Å². The Morgan fingerprint density at radius 1 is 1.50 bits per heavy atom. The summed E-state index contributed by atoms with van der Waals surface area (Å²) in [6, 6.07) is 5.99. The van der Waals surface area contributed by atoms with Crippen molar-refractivity contribution >= 4 is 23.4 Å². The lowest BCUT2D eigenvalue weighted by Gasteiger charge is -2.30. The van der Waals surface area contributed by atoms with Gasteiger partial charge in [0.05, 0.1) is 5.69 Å². The van der Waals surface area contributed by atoms with Crippen LogP contribution in [0.4, 0.5) is 5.69 Å². The van der Waals surface area contributed by atoms with Gasteiger partial charge in [-0.25, -0.2) is 0 Å². The minimum absolute atomic E-state index is 0.00414. The number of thioether (sulfide) groups is 1. The molecule has 0 aromatic heterocycles. The monoisotopic (exact) mass is 294 g/mol. The van der Waals surface area contributed by atoms with E-state index in [-0.39, 0.29) is 5.91 Å². The normalized spacial score (nSPS) is 14.0. The standard InChI is InChI=1S/C15H22N2O2S/c1-3-17-8-10-20-14-6-5-12(11-13(14)17)15(18)16-7-4-9-19-2/h5-6,11H,3-4,7-10H2,1-2H3,(H,16,18). The summed E-state index contributed by atoms with van der Waals surface area (Å²) in [5.74, 6) is 1.11. The van der Waals surface area contributed by atoms with E-state index in [2.05, 4.69) is 23.2 Å². The zero-order chi connectivity index (χ0) is 14.4. The molecular weight excluding hydrogens is 272 g/mol. The third kappa shape index (κ3) is 3.67. The maximum Gasteiger partial charge on any atom is 0.251 e. The van der Waals surface area contributed by atoms with Crippen molar-refractivity contribution in [2.24, 2.45) is 0 Å². The van der Waals surface area contributed by atoms with E-state index in [1.54, 1.807) is 7.11 Å². The van der Waals surface area contributed by atoms with Crippen molar-refractivity contribution in [1.82, 2.24) is 5.32 Å². The summed E-state index contributed by atoms with van der Waals surface area (Å²) in [4.78, 5) is 15.7. The van der Waals surface area contributed by atoms with Crippen molar-refractivity contribution in [3.63, 3.8) is 0 Å². The predicted molar refractivity (Wildman–Crippen MR) is 83.9 cm³/mol. The van der Waals surface area contributed by atoms with E-state index >= 15 is 0 Å². The van der Waals surface area contributed by atoms with Crippen LogP contribution in [0.2, 0.25) is 0 Å².